The molecule has 20 heavy (non-hydrogen) atoms. The summed E-state index contributed by atoms with van der Waals surface area (Å²) in [5.74, 6) is 0.900. The Labute approximate surface area is 119 Å². The highest BCUT2D eigenvalue weighted by molar-refractivity contribution is 5.92. The van der Waals surface area contributed by atoms with E-state index in [-0.39, 0.29) is 0 Å². The Kier molecular flexibility index (Phi) is 4.40. The summed E-state index contributed by atoms with van der Waals surface area (Å²) in [5, 5.41) is 3.12. The van der Waals surface area contributed by atoms with Crippen molar-refractivity contribution in [2.45, 2.75) is 26.3 Å². The number of anilines is 1. The molecule has 0 unspecified atom stereocenters. The second kappa shape index (κ2) is 6.23. The SMILES string of the molecule is CC(C)c1cccc(NC(N)=NCc2cncn2C)c1. The van der Waals surface area contributed by atoms with Crippen LogP contribution in [0.25, 0.3) is 0 Å². The van der Waals surface area contributed by atoms with Gasteiger partial charge in [0.25, 0.3) is 0 Å². The molecule has 3 N–H and O–H groups in total. The van der Waals surface area contributed by atoms with Gasteiger partial charge in [-0.3, -0.25) is 0 Å². The molecule has 0 spiro atoms. The van der Waals surface area contributed by atoms with Gasteiger partial charge in [-0.2, -0.15) is 0 Å². The molecule has 0 bridgehead atoms. The van der Waals surface area contributed by atoms with E-state index < -0.39 is 0 Å². The Bertz CT molecular complexity index is 598. The molecule has 5 heteroatoms. The van der Waals surface area contributed by atoms with Crippen molar-refractivity contribution >= 4 is 11.6 Å². The molecule has 0 aliphatic carbocycles. The van der Waals surface area contributed by atoms with Crippen molar-refractivity contribution in [2.24, 2.45) is 17.8 Å². The van der Waals surface area contributed by atoms with E-state index in [0.717, 1.165) is 11.4 Å². The van der Waals surface area contributed by atoms with Crippen molar-refractivity contribution in [3.63, 3.8) is 0 Å². The molecular formula is C15H21N5. The van der Waals surface area contributed by atoms with Gasteiger partial charge in [-0.1, -0.05) is 26.0 Å². The number of hydrogen-bond donors (Lipinski definition) is 2. The van der Waals surface area contributed by atoms with Crippen LogP contribution < -0.4 is 11.1 Å². The second-order valence-corrected chi connectivity index (χ2v) is 5.10. The Morgan fingerprint density at radius 3 is 2.90 bits per heavy atom. The quantitative estimate of drug-likeness (QED) is 0.663. The van der Waals surface area contributed by atoms with Gasteiger partial charge in [0.1, 0.15) is 0 Å². The number of aromatic nitrogens is 2. The fourth-order valence-electron chi connectivity index (χ4n) is 1.87. The third-order valence-corrected chi connectivity index (χ3v) is 3.15. The van der Waals surface area contributed by atoms with Crippen molar-refractivity contribution in [3.8, 4) is 0 Å². The lowest BCUT2D eigenvalue weighted by Crippen LogP contribution is -2.22. The average Bonchev–Trinajstić information content (AvgIpc) is 2.82. The zero-order valence-corrected chi connectivity index (χ0v) is 12.2. The molecule has 2 rings (SSSR count). The number of nitrogens with one attached hydrogen (secondary N) is 1. The first-order chi connectivity index (χ1) is 9.56. The van der Waals surface area contributed by atoms with E-state index in [2.05, 4.69) is 41.3 Å². The van der Waals surface area contributed by atoms with Gasteiger partial charge in [-0.15, -0.1) is 0 Å². The monoisotopic (exact) mass is 271 g/mol. The molecule has 0 saturated heterocycles. The molecule has 0 aliphatic rings. The predicted octanol–water partition coefficient (Wildman–Crippen LogP) is 2.47. The van der Waals surface area contributed by atoms with Gasteiger partial charge in [-0.25, -0.2) is 9.98 Å². The van der Waals surface area contributed by atoms with Crippen molar-refractivity contribution < 1.29 is 0 Å². The number of aryl methyl sites for hydroxylation is 1. The number of aliphatic imine (C=N–C) groups is 1. The van der Waals surface area contributed by atoms with Crippen LogP contribution in [-0.2, 0) is 13.6 Å². The molecule has 2 aromatic rings. The minimum Gasteiger partial charge on any atom is -0.370 e. The minimum atomic E-state index is 0.409. The topological polar surface area (TPSA) is 68.2 Å². The number of benzene rings is 1. The minimum absolute atomic E-state index is 0.409. The molecule has 1 aromatic heterocycles. The summed E-state index contributed by atoms with van der Waals surface area (Å²) in [6, 6.07) is 8.21. The molecule has 0 saturated carbocycles. The van der Waals surface area contributed by atoms with Crippen LogP contribution in [0.4, 0.5) is 5.69 Å². The number of rotatable bonds is 4. The van der Waals surface area contributed by atoms with Crippen LogP contribution in [0.1, 0.15) is 31.0 Å². The van der Waals surface area contributed by atoms with Crippen molar-refractivity contribution in [3.05, 3.63) is 48.0 Å². The second-order valence-electron chi connectivity index (χ2n) is 5.10. The molecule has 106 valence electrons. The van der Waals surface area contributed by atoms with E-state index in [1.165, 1.54) is 5.56 Å². The highest BCUT2D eigenvalue weighted by Gasteiger charge is 2.02. The first-order valence-electron chi connectivity index (χ1n) is 6.68. The van der Waals surface area contributed by atoms with Gasteiger partial charge in [0, 0.05) is 12.7 Å². The molecule has 0 aliphatic heterocycles. The van der Waals surface area contributed by atoms with Gasteiger partial charge in [0.2, 0.25) is 0 Å². The van der Waals surface area contributed by atoms with Gasteiger partial charge >= 0.3 is 0 Å². The van der Waals surface area contributed by atoms with E-state index in [4.69, 9.17) is 5.73 Å². The molecule has 0 fully saturated rings. The Hall–Kier alpha value is -2.30. The smallest absolute Gasteiger partial charge is 0.193 e. The highest BCUT2D eigenvalue weighted by atomic mass is 15.1. The predicted molar refractivity (Wildman–Crippen MR) is 82.7 cm³/mol. The van der Waals surface area contributed by atoms with E-state index in [0.29, 0.717) is 18.4 Å². The van der Waals surface area contributed by atoms with E-state index in [1.807, 2.05) is 23.7 Å². The summed E-state index contributed by atoms with van der Waals surface area (Å²) in [7, 11) is 1.94. The van der Waals surface area contributed by atoms with E-state index in [9.17, 15) is 0 Å². The van der Waals surface area contributed by atoms with Crippen LogP contribution in [0.2, 0.25) is 0 Å². The van der Waals surface area contributed by atoms with Crippen molar-refractivity contribution in [1.82, 2.24) is 9.55 Å². The number of nitrogens with two attached hydrogens (primary N) is 1. The Balaban J connectivity index is 2.02. The number of guanidine groups is 1. The largest absolute Gasteiger partial charge is 0.370 e. The number of hydrogen-bond acceptors (Lipinski definition) is 2. The van der Waals surface area contributed by atoms with E-state index >= 15 is 0 Å². The van der Waals surface area contributed by atoms with Crippen LogP contribution >= 0.6 is 0 Å². The maximum absolute atomic E-state index is 5.91. The molecule has 5 nitrogen and oxygen atoms in total. The van der Waals surface area contributed by atoms with Crippen LogP contribution in [0, 0.1) is 0 Å². The van der Waals surface area contributed by atoms with Gasteiger partial charge < -0.3 is 15.6 Å². The van der Waals surface area contributed by atoms with E-state index in [1.54, 1.807) is 12.5 Å². The van der Waals surface area contributed by atoms with Gasteiger partial charge in [0.15, 0.2) is 5.96 Å². The lowest BCUT2D eigenvalue weighted by Gasteiger charge is -2.10. The zero-order valence-electron chi connectivity index (χ0n) is 12.2. The Morgan fingerprint density at radius 2 is 2.25 bits per heavy atom. The van der Waals surface area contributed by atoms with Crippen LogP contribution in [0.3, 0.4) is 0 Å². The summed E-state index contributed by atoms with van der Waals surface area (Å²) in [6.07, 6.45) is 3.54. The number of imidazole rings is 1. The summed E-state index contributed by atoms with van der Waals surface area (Å²) >= 11 is 0. The Morgan fingerprint density at radius 1 is 1.45 bits per heavy atom. The van der Waals surface area contributed by atoms with Crippen molar-refractivity contribution in [2.75, 3.05) is 5.32 Å². The van der Waals surface area contributed by atoms with Gasteiger partial charge in [0.05, 0.1) is 24.8 Å². The maximum Gasteiger partial charge on any atom is 0.193 e. The normalized spacial score (nSPS) is 11.9. The standard InChI is InChI=1S/C15H21N5/c1-11(2)12-5-4-6-13(7-12)19-15(16)18-9-14-8-17-10-20(14)3/h4-8,10-11H,9H2,1-3H3,(H3,16,18,19). The summed E-state index contributed by atoms with van der Waals surface area (Å²) in [5.41, 5.74) is 9.16. The lowest BCUT2D eigenvalue weighted by molar-refractivity contribution is 0.820. The third-order valence-electron chi connectivity index (χ3n) is 3.15. The first-order valence-corrected chi connectivity index (χ1v) is 6.68. The first kappa shape index (κ1) is 14.1. The lowest BCUT2D eigenvalue weighted by atomic mass is 10.0. The summed E-state index contributed by atoms with van der Waals surface area (Å²) in [6.45, 7) is 4.84. The summed E-state index contributed by atoms with van der Waals surface area (Å²) < 4.78 is 1.93. The fraction of sp³-hybridized carbons (Fsp3) is 0.333. The van der Waals surface area contributed by atoms with Crippen molar-refractivity contribution in [1.29, 1.82) is 0 Å². The molecule has 0 radical (unpaired) electrons. The molecular weight excluding hydrogens is 250 g/mol. The molecule has 1 heterocycles. The zero-order chi connectivity index (χ0) is 14.5. The average molecular weight is 271 g/mol. The van der Waals surface area contributed by atoms with Gasteiger partial charge in [-0.05, 0) is 23.6 Å². The molecule has 0 amide bonds. The fourth-order valence-corrected chi connectivity index (χ4v) is 1.87. The van der Waals surface area contributed by atoms with Crippen LogP contribution in [0.15, 0.2) is 41.8 Å². The molecule has 1 aromatic carbocycles. The van der Waals surface area contributed by atoms with Crippen LogP contribution in [0.5, 0.6) is 0 Å². The third kappa shape index (κ3) is 3.60. The molecule has 0 atom stereocenters. The number of nitrogens with zero attached hydrogens (tertiary/aromatic N) is 3. The van der Waals surface area contributed by atoms with Crippen LogP contribution in [-0.4, -0.2) is 15.5 Å². The highest BCUT2D eigenvalue weighted by Crippen LogP contribution is 2.18. The maximum atomic E-state index is 5.91. The summed E-state index contributed by atoms with van der Waals surface area (Å²) in [4.78, 5) is 8.37.